The predicted molar refractivity (Wildman–Crippen MR) is 213 cm³/mol. The van der Waals surface area contributed by atoms with E-state index in [1.165, 1.54) is 96.3 Å². The van der Waals surface area contributed by atoms with Gasteiger partial charge in [-0.3, -0.25) is 4.79 Å². The van der Waals surface area contributed by atoms with Crippen LogP contribution in [0.15, 0.2) is 60.8 Å². The minimum atomic E-state index is -0.447. The van der Waals surface area contributed by atoms with E-state index in [4.69, 9.17) is 14.2 Å². The number of hydrogen-bond acceptors (Lipinski definition) is 5. The molecule has 1 unspecified atom stereocenters. The number of rotatable bonds is 31. The number of nitrogens with zero attached hydrogens (tertiary/aromatic N) is 1. The topological polar surface area (TPSA) is 48.0 Å². The van der Waals surface area contributed by atoms with Crippen molar-refractivity contribution >= 4 is 5.97 Å². The summed E-state index contributed by atoms with van der Waals surface area (Å²) in [6, 6.07) is 0. The molecule has 4 atom stereocenters. The van der Waals surface area contributed by atoms with E-state index in [0.717, 1.165) is 64.3 Å². The Morgan fingerprint density at radius 2 is 1.08 bits per heavy atom. The van der Waals surface area contributed by atoms with E-state index >= 15 is 0 Å². The van der Waals surface area contributed by atoms with Gasteiger partial charge < -0.3 is 19.1 Å². The Hall–Kier alpha value is -1.95. The smallest absolute Gasteiger partial charge is 0.307 e. The molecule has 0 amide bonds. The zero-order chi connectivity index (χ0) is 36.0. The second-order valence-electron chi connectivity index (χ2n) is 15.0. The van der Waals surface area contributed by atoms with Crippen molar-refractivity contribution in [3.05, 3.63) is 60.8 Å². The molecule has 2 rings (SSSR count). The molecule has 0 radical (unpaired) electrons. The average molecular weight is 696 g/mol. The number of unbranched alkanes of at least 4 members (excludes halogenated alkanes) is 14. The standard InChI is InChI=1S/C45H77NO4/c1-5-7-9-11-13-15-17-19-21-23-25-27-29-31-33-36-45(37-34-32-30-28-26-24-22-20-18-16-14-12-10-8-6-2)49-42-39-41(40-43(42)50-45)48-44(47)35-38-46(3)4/h5,7,11-14,17-20,41-43H,6,8-10,15-16,21-40H2,1-4H3/b7-5-,13-11-,14-12-,19-17-,20-18-/t41-,42-,43+,45?. The van der Waals surface area contributed by atoms with E-state index in [2.05, 4.69) is 74.6 Å². The Balaban J connectivity index is 1.66. The highest BCUT2D eigenvalue weighted by molar-refractivity contribution is 5.69. The fraction of sp³-hybridized carbons (Fsp3) is 0.756. The van der Waals surface area contributed by atoms with Gasteiger partial charge in [0.05, 0.1) is 18.6 Å². The summed E-state index contributed by atoms with van der Waals surface area (Å²) in [7, 11) is 3.96. The Labute approximate surface area is 309 Å². The summed E-state index contributed by atoms with van der Waals surface area (Å²) in [6.45, 7) is 5.03. The molecule has 1 heterocycles. The van der Waals surface area contributed by atoms with E-state index in [1.807, 2.05) is 19.0 Å². The van der Waals surface area contributed by atoms with Crippen LogP contribution in [0.3, 0.4) is 0 Å². The number of ether oxygens (including phenoxy) is 3. The Morgan fingerprint density at radius 3 is 1.56 bits per heavy atom. The van der Waals surface area contributed by atoms with Crippen LogP contribution in [0.2, 0.25) is 0 Å². The van der Waals surface area contributed by atoms with Crippen molar-refractivity contribution in [2.24, 2.45) is 0 Å². The molecule has 1 aliphatic heterocycles. The highest BCUT2D eigenvalue weighted by atomic mass is 16.8. The molecule has 5 heteroatoms. The van der Waals surface area contributed by atoms with E-state index in [1.54, 1.807) is 0 Å². The number of fused-ring (bicyclic) bond motifs is 1. The van der Waals surface area contributed by atoms with Crippen molar-refractivity contribution in [2.75, 3.05) is 20.6 Å². The molecule has 5 nitrogen and oxygen atoms in total. The number of allylic oxidation sites excluding steroid dienone is 10. The van der Waals surface area contributed by atoms with Gasteiger partial charge in [0.1, 0.15) is 6.10 Å². The van der Waals surface area contributed by atoms with Crippen LogP contribution in [-0.2, 0) is 19.0 Å². The van der Waals surface area contributed by atoms with Gasteiger partial charge in [0.2, 0.25) is 0 Å². The van der Waals surface area contributed by atoms with Gasteiger partial charge in [-0.1, -0.05) is 132 Å². The Morgan fingerprint density at radius 1 is 0.640 bits per heavy atom. The fourth-order valence-electron chi connectivity index (χ4n) is 7.02. The maximum Gasteiger partial charge on any atom is 0.307 e. The fourth-order valence-corrected chi connectivity index (χ4v) is 7.02. The van der Waals surface area contributed by atoms with Gasteiger partial charge in [-0.15, -0.1) is 0 Å². The maximum atomic E-state index is 12.3. The summed E-state index contributed by atoms with van der Waals surface area (Å²) in [5.74, 6) is -0.554. The highest BCUT2D eigenvalue weighted by Crippen LogP contribution is 2.44. The van der Waals surface area contributed by atoms with Crippen LogP contribution in [0.5, 0.6) is 0 Å². The summed E-state index contributed by atoms with van der Waals surface area (Å²) >= 11 is 0. The molecule has 1 saturated carbocycles. The van der Waals surface area contributed by atoms with Gasteiger partial charge in [-0.25, -0.2) is 0 Å². The molecule has 2 fully saturated rings. The summed E-state index contributed by atoms with van der Waals surface area (Å²) in [5, 5.41) is 0. The third-order valence-corrected chi connectivity index (χ3v) is 10.00. The van der Waals surface area contributed by atoms with Crippen LogP contribution in [-0.4, -0.2) is 55.6 Å². The van der Waals surface area contributed by atoms with Crippen LogP contribution < -0.4 is 0 Å². The predicted octanol–water partition coefficient (Wildman–Crippen LogP) is 12.5. The molecule has 286 valence electrons. The lowest BCUT2D eigenvalue weighted by Gasteiger charge is -2.30. The number of esters is 1. The van der Waals surface area contributed by atoms with Crippen LogP contribution in [0.4, 0.5) is 0 Å². The second kappa shape index (κ2) is 29.6. The van der Waals surface area contributed by atoms with Gasteiger partial charge in [0.25, 0.3) is 0 Å². The van der Waals surface area contributed by atoms with Crippen molar-refractivity contribution in [1.82, 2.24) is 4.90 Å². The molecule has 0 N–H and O–H groups in total. The molecule has 1 aliphatic carbocycles. The summed E-state index contributed by atoms with van der Waals surface area (Å²) in [5.41, 5.74) is 0. The maximum absolute atomic E-state index is 12.3. The van der Waals surface area contributed by atoms with E-state index in [-0.39, 0.29) is 24.3 Å². The molecule has 0 aromatic carbocycles. The highest BCUT2D eigenvalue weighted by Gasteiger charge is 2.52. The van der Waals surface area contributed by atoms with E-state index in [9.17, 15) is 4.79 Å². The first-order chi connectivity index (χ1) is 24.5. The van der Waals surface area contributed by atoms with Crippen molar-refractivity contribution < 1.29 is 19.0 Å². The number of carbonyl (C=O) groups is 1. The lowest BCUT2D eigenvalue weighted by atomic mass is 9.98. The molecular weight excluding hydrogens is 618 g/mol. The van der Waals surface area contributed by atoms with Crippen molar-refractivity contribution in [3.8, 4) is 0 Å². The van der Waals surface area contributed by atoms with Crippen LogP contribution >= 0.6 is 0 Å². The quantitative estimate of drug-likeness (QED) is 0.0410. The molecule has 0 aromatic rings. The molecule has 0 aromatic heterocycles. The lowest BCUT2D eigenvalue weighted by Crippen LogP contribution is -2.33. The Kier molecular flexibility index (Phi) is 26.2. The van der Waals surface area contributed by atoms with Gasteiger partial charge >= 0.3 is 5.97 Å². The van der Waals surface area contributed by atoms with Gasteiger partial charge in [-0.2, -0.15) is 0 Å². The molecule has 50 heavy (non-hydrogen) atoms. The van der Waals surface area contributed by atoms with E-state index in [0.29, 0.717) is 6.42 Å². The first kappa shape index (κ1) is 44.2. The van der Waals surface area contributed by atoms with Crippen molar-refractivity contribution in [3.63, 3.8) is 0 Å². The average Bonchev–Trinajstić information content (AvgIpc) is 3.62. The molecule has 1 saturated heterocycles. The normalized spacial score (nSPS) is 22.5. The lowest BCUT2D eigenvalue weighted by molar-refractivity contribution is -0.196. The van der Waals surface area contributed by atoms with Crippen LogP contribution in [0.1, 0.15) is 174 Å². The van der Waals surface area contributed by atoms with Gasteiger partial charge in [0, 0.05) is 32.2 Å². The zero-order valence-corrected chi connectivity index (χ0v) is 33.0. The molecule has 0 bridgehead atoms. The van der Waals surface area contributed by atoms with Crippen LogP contribution in [0, 0.1) is 0 Å². The van der Waals surface area contributed by atoms with Crippen molar-refractivity contribution in [1.29, 1.82) is 0 Å². The molecular formula is C45H77NO4. The Bertz CT molecular complexity index is 966. The third-order valence-electron chi connectivity index (χ3n) is 10.00. The first-order valence-electron chi connectivity index (χ1n) is 20.9. The monoisotopic (exact) mass is 696 g/mol. The number of hydrogen-bond donors (Lipinski definition) is 0. The zero-order valence-electron chi connectivity index (χ0n) is 33.0. The van der Waals surface area contributed by atoms with E-state index < -0.39 is 5.79 Å². The van der Waals surface area contributed by atoms with Gasteiger partial charge in [0.15, 0.2) is 5.79 Å². The molecule has 0 spiro atoms. The minimum Gasteiger partial charge on any atom is -0.462 e. The number of carbonyl (C=O) groups excluding carboxylic acids is 1. The largest absolute Gasteiger partial charge is 0.462 e. The molecule has 2 aliphatic rings. The SMILES string of the molecule is C/C=C\C/C=C\C/C=C\CCCCCCCCC1(CCCCCCCC/C=C\C/C=C\CCCC)O[C@H]2C[C@H](OC(=O)CCN(C)C)C[C@H]2O1. The van der Waals surface area contributed by atoms with Gasteiger partial charge in [-0.05, 0) is 85.2 Å². The van der Waals surface area contributed by atoms with Crippen LogP contribution in [0.25, 0.3) is 0 Å². The van der Waals surface area contributed by atoms with Crippen molar-refractivity contribution in [2.45, 2.75) is 198 Å². The minimum absolute atomic E-state index is 0.0539. The summed E-state index contributed by atoms with van der Waals surface area (Å²) < 4.78 is 19.3. The summed E-state index contributed by atoms with van der Waals surface area (Å²) in [6.07, 6.45) is 51.3. The first-order valence-corrected chi connectivity index (χ1v) is 20.9. The second-order valence-corrected chi connectivity index (χ2v) is 15.0. The summed E-state index contributed by atoms with van der Waals surface area (Å²) in [4.78, 5) is 14.4. The third kappa shape index (κ3) is 22.1.